The summed E-state index contributed by atoms with van der Waals surface area (Å²) >= 11 is 0. The number of pyridine rings is 1. The fourth-order valence-corrected chi connectivity index (χ4v) is 3.93. The molecule has 0 spiro atoms. The highest BCUT2D eigenvalue weighted by atomic mass is 32.2. The number of aromatic amines is 1. The van der Waals surface area contributed by atoms with Gasteiger partial charge in [0.15, 0.2) is 14.9 Å². The van der Waals surface area contributed by atoms with Crippen molar-refractivity contribution in [2.75, 3.05) is 19.4 Å². The third-order valence-corrected chi connectivity index (χ3v) is 6.20. The molecular formula is C24H27N3O6S. The fourth-order valence-electron chi connectivity index (χ4n) is 3.37. The lowest BCUT2D eigenvalue weighted by Gasteiger charge is -2.15. The van der Waals surface area contributed by atoms with E-state index in [0.29, 0.717) is 29.7 Å². The van der Waals surface area contributed by atoms with Gasteiger partial charge in [0, 0.05) is 23.6 Å². The van der Waals surface area contributed by atoms with Crippen LogP contribution in [0.1, 0.15) is 26.0 Å². The second-order valence-corrected chi connectivity index (χ2v) is 10.1. The maximum atomic E-state index is 11.7. The van der Waals surface area contributed by atoms with Gasteiger partial charge in [0.05, 0.1) is 19.3 Å². The standard InChI is InChI=1S/C24H27N3O6S/c1-4-17-12-26-24(33-17)22-7-6-21(27-22)16-9-19(31-15(2)14-28)11-20(10-16)32-18-5-8-23(25-13-18)34(3,29)30/h5-11,13,15,17,27-28H,4,12,14H2,1-3H3/t15-,17-/m0/s1. The van der Waals surface area contributed by atoms with Gasteiger partial charge in [0.1, 0.15) is 35.2 Å². The minimum atomic E-state index is -3.40. The van der Waals surface area contributed by atoms with Crippen molar-refractivity contribution in [3.05, 3.63) is 54.4 Å². The van der Waals surface area contributed by atoms with Crippen LogP contribution in [-0.4, -0.2) is 61.0 Å². The Kier molecular flexibility index (Phi) is 6.90. The summed E-state index contributed by atoms with van der Waals surface area (Å²) in [4.78, 5) is 11.8. The quantitative estimate of drug-likeness (QED) is 0.475. The van der Waals surface area contributed by atoms with Crippen molar-refractivity contribution >= 4 is 15.7 Å². The zero-order chi connectivity index (χ0) is 24.3. The van der Waals surface area contributed by atoms with Crippen LogP contribution in [0.5, 0.6) is 17.2 Å². The van der Waals surface area contributed by atoms with Gasteiger partial charge in [-0.1, -0.05) is 6.92 Å². The predicted molar refractivity (Wildman–Crippen MR) is 127 cm³/mol. The Morgan fingerprint density at radius 1 is 1.15 bits per heavy atom. The van der Waals surface area contributed by atoms with Crippen molar-refractivity contribution in [1.82, 2.24) is 9.97 Å². The minimum Gasteiger partial charge on any atom is -0.488 e. The van der Waals surface area contributed by atoms with E-state index in [-0.39, 0.29) is 17.7 Å². The fraction of sp³-hybridized carbons (Fsp3) is 0.333. The number of ether oxygens (including phenoxy) is 3. The zero-order valence-electron chi connectivity index (χ0n) is 19.2. The number of rotatable bonds is 9. The van der Waals surface area contributed by atoms with Crippen molar-refractivity contribution in [3.8, 4) is 28.5 Å². The van der Waals surface area contributed by atoms with Crippen LogP contribution in [0, 0.1) is 0 Å². The normalized spacial score (nSPS) is 16.6. The molecule has 0 saturated heterocycles. The number of nitrogens with zero attached hydrogens (tertiary/aromatic N) is 2. The van der Waals surface area contributed by atoms with Crippen LogP contribution in [-0.2, 0) is 14.6 Å². The van der Waals surface area contributed by atoms with Crippen LogP contribution in [0.15, 0.2) is 58.7 Å². The Morgan fingerprint density at radius 2 is 1.91 bits per heavy atom. The Bertz CT molecular complexity index is 1280. The van der Waals surface area contributed by atoms with Crippen molar-refractivity contribution in [2.45, 2.75) is 37.5 Å². The summed E-state index contributed by atoms with van der Waals surface area (Å²) in [7, 11) is -3.40. The van der Waals surface area contributed by atoms with E-state index >= 15 is 0 Å². The monoisotopic (exact) mass is 485 g/mol. The van der Waals surface area contributed by atoms with Crippen LogP contribution in [0.2, 0.25) is 0 Å². The molecule has 4 rings (SSSR count). The van der Waals surface area contributed by atoms with Crippen LogP contribution in [0.3, 0.4) is 0 Å². The molecule has 0 unspecified atom stereocenters. The van der Waals surface area contributed by atoms with Gasteiger partial charge in [-0.2, -0.15) is 0 Å². The number of nitrogens with one attached hydrogen (secondary N) is 1. The Morgan fingerprint density at radius 3 is 2.56 bits per heavy atom. The Balaban J connectivity index is 1.63. The summed E-state index contributed by atoms with van der Waals surface area (Å²) in [5, 5.41) is 9.37. The summed E-state index contributed by atoms with van der Waals surface area (Å²) < 4.78 is 40.9. The van der Waals surface area contributed by atoms with Crippen molar-refractivity contribution in [1.29, 1.82) is 0 Å². The number of benzene rings is 1. The van der Waals surface area contributed by atoms with Crippen LogP contribution in [0.25, 0.3) is 11.3 Å². The summed E-state index contributed by atoms with van der Waals surface area (Å²) in [5.41, 5.74) is 2.37. The molecule has 180 valence electrons. The molecule has 1 aliphatic rings. The first-order valence-corrected chi connectivity index (χ1v) is 12.8. The number of hydrogen-bond acceptors (Lipinski definition) is 8. The highest BCUT2D eigenvalue weighted by Crippen LogP contribution is 2.33. The maximum absolute atomic E-state index is 11.7. The zero-order valence-corrected chi connectivity index (χ0v) is 20.0. The Labute approximate surface area is 198 Å². The van der Waals surface area contributed by atoms with Gasteiger partial charge < -0.3 is 24.3 Å². The predicted octanol–water partition coefficient (Wildman–Crippen LogP) is 3.59. The van der Waals surface area contributed by atoms with Gasteiger partial charge in [0.2, 0.25) is 5.90 Å². The molecule has 3 aromatic rings. The second kappa shape index (κ2) is 9.86. The van der Waals surface area contributed by atoms with E-state index in [9.17, 15) is 13.5 Å². The highest BCUT2D eigenvalue weighted by molar-refractivity contribution is 7.90. The van der Waals surface area contributed by atoms with E-state index in [4.69, 9.17) is 14.2 Å². The largest absolute Gasteiger partial charge is 0.488 e. The van der Waals surface area contributed by atoms with E-state index in [1.54, 1.807) is 19.1 Å². The van der Waals surface area contributed by atoms with Crippen molar-refractivity contribution in [3.63, 3.8) is 0 Å². The van der Waals surface area contributed by atoms with Gasteiger partial charge in [-0.3, -0.25) is 0 Å². The van der Waals surface area contributed by atoms with Gasteiger partial charge in [-0.05, 0) is 49.7 Å². The van der Waals surface area contributed by atoms with Crippen molar-refractivity contribution < 1.29 is 27.7 Å². The lowest BCUT2D eigenvalue weighted by molar-refractivity contribution is 0.129. The molecule has 1 aliphatic heterocycles. The number of H-pyrrole nitrogens is 1. The summed E-state index contributed by atoms with van der Waals surface area (Å²) in [6.45, 7) is 4.33. The number of aliphatic hydroxyl groups excluding tert-OH is 1. The molecule has 2 aromatic heterocycles. The molecule has 1 aromatic carbocycles. The molecule has 0 aliphatic carbocycles. The number of aliphatic hydroxyl groups is 1. The van der Waals surface area contributed by atoms with E-state index in [1.807, 2.05) is 24.3 Å². The SMILES string of the molecule is CC[C@H]1CN=C(c2ccc(-c3cc(Oc4ccc(S(C)(=O)=O)nc4)cc(O[C@@H](C)CO)c3)[nH]2)O1. The average Bonchev–Trinajstić information content (AvgIpc) is 3.48. The van der Waals surface area contributed by atoms with Gasteiger partial charge in [-0.15, -0.1) is 0 Å². The molecular weight excluding hydrogens is 458 g/mol. The van der Waals surface area contributed by atoms with E-state index in [1.165, 1.54) is 12.3 Å². The summed E-state index contributed by atoms with van der Waals surface area (Å²) in [6, 6.07) is 12.1. The van der Waals surface area contributed by atoms with Crippen LogP contribution in [0.4, 0.5) is 0 Å². The molecule has 10 heteroatoms. The van der Waals surface area contributed by atoms with Crippen molar-refractivity contribution in [2.24, 2.45) is 4.99 Å². The van der Waals surface area contributed by atoms with Gasteiger partial charge in [-0.25, -0.2) is 18.4 Å². The lowest BCUT2D eigenvalue weighted by atomic mass is 10.1. The average molecular weight is 486 g/mol. The van der Waals surface area contributed by atoms with Gasteiger partial charge in [0.25, 0.3) is 0 Å². The third kappa shape index (κ3) is 5.57. The topological polar surface area (TPSA) is 123 Å². The number of aliphatic imine (C=N–C) groups is 1. The third-order valence-electron chi connectivity index (χ3n) is 5.20. The molecule has 0 radical (unpaired) electrons. The minimum absolute atomic E-state index is 0.0318. The van der Waals surface area contributed by atoms with E-state index < -0.39 is 15.9 Å². The Hall–Kier alpha value is -3.37. The molecule has 0 fully saturated rings. The van der Waals surface area contributed by atoms with E-state index in [0.717, 1.165) is 29.6 Å². The molecule has 0 saturated carbocycles. The number of sulfone groups is 1. The molecule has 2 atom stereocenters. The maximum Gasteiger partial charge on any atom is 0.233 e. The molecule has 0 amide bonds. The van der Waals surface area contributed by atoms with E-state index in [2.05, 4.69) is 21.9 Å². The molecule has 9 nitrogen and oxygen atoms in total. The first kappa shape index (κ1) is 23.8. The number of hydrogen-bond donors (Lipinski definition) is 2. The highest BCUT2D eigenvalue weighted by Gasteiger charge is 2.21. The molecule has 0 bridgehead atoms. The second-order valence-electron chi connectivity index (χ2n) is 8.09. The van der Waals surface area contributed by atoms with Gasteiger partial charge >= 0.3 is 0 Å². The first-order valence-electron chi connectivity index (χ1n) is 10.9. The van der Waals surface area contributed by atoms with Crippen LogP contribution < -0.4 is 9.47 Å². The lowest BCUT2D eigenvalue weighted by Crippen LogP contribution is -2.16. The summed E-state index contributed by atoms with van der Waals surface area (Å²) in [5.74, 6) is 1.93. The summed E-state index contributed by atoms with van der Waals surface area (Å²) in [6.07, 6.45) is 3.03. The molecule has 34 heavy (non-hydrogen) atoms. The smallest absolute Gasteiger partial charge is 0.233 e. The molecule has 3 heterocycles. The molecule has 2 N–H and O–H groups in total. The number of aromatic nitrogens is 2. The first-order chi connectivity index (χ1) is 16.2. The van der Waals surface area contributed by atoms with Crippen LogP contribution >= 0.6 is 0 Å².